The molecule has 0 spiro atoms. The highest BCUT2D eigenvalue weighted by Crippen LogP contribution is 2.09. The Hall–Kier alpha value is -0.340. The molecular weight excluding hydrogens is 385 g/mol. The predicted octanol–water partition coefficient (Wildman–Crippen LogP) is 2.84. The maximum absolute atomic E-state index is 5.31. The SMILES string of the molecule is CCOCCCNC(=NC)N(C)CCc1cccs1.I. The van der Waals surface area contributed by atoms with Crippen molar-refractivity contribution in [1.29, 1.82) is 0 Å². The number of nitrogens with one attached hydrogen (secondary N) is 1. The average Bonchev–Trinajstić information content (AvgIpc) is 2.93. The Labute approximate surface area is 143 Å². The third kappa shape index (κ3) is 8.06. The van der Waals surface area contributed by atoms with Gasteiger partial charge in [0.1, 0.15) is 0 Å². The number of guanidine groups is 1. The lowest BCUT2D eigenvalue weighted by atomic mass is 10.3. The van der Waals surface area contributed by atoms with Crippen molar-refractivity contribution >= 4 is 41.3 Å². The van der Waals surface area contributed by atoms with Gasteiger partial charge in [-0.25, -0.2) is 0 Å². The molecule has 0 unspecified atom stereocenters. The molecule has 0 amide bonds. The first-order chi connectivity index (χ1) is 9.27. The summed E-state index contributed by atoms with van der Waals surface area (Å²) in [7, 11) is 3.90. The van der Waals surface area contributed by atoms with Crippen LogP contribution in [0.5, 0.6) is 0 Å². The van der Waals surface area contributed by atoms with Gasteiger partial charge in [-0.2, -0.15) is 0 Å². The first-order valence-electron chi connectivity index (χ1n) is 6.79. The van der Waals surface area contributed by atoms with Gasteiger partial charge in [0.2, 0.25) is 0 Å². The molecule has 0 aliphatic carbocycles. The zero-order valence-corrected chi connectivity index (χ0v) is 15.7. The molecule has 0 saturated carbocycles. The van der Waals surface area contributed by atoms with Crippen molar-refractivity contribution in [2.45, 2.75) is 19.8 Å². The van der Waals surface area contributed by atoms with Gasteiger partial charge in [-0.1, -0.05) is 6.07 Å². The first-order valence-corrected chi connectivity index (χ1v) is 7.67. The second-order valence-electron chi connectivity index (χ2n) is 4.28. The van der Waals surface area contributed by atoms with Gasteiger partial charge in [0, 0.05) is 45.3 Å². The van der Waals surface area contributed by atoms with E-state index in [9.17, 15) is 0 Å². The van der Waals surface area contributed by atoms with Gasteiger partial charge < -0.3 is 15.0 Å². The van der Waals surface area contributed by atoms with Crippen molar-refractivity contribution < 1.29 is 4.74 Å². The summed E-state index contributed by atoms with van der Waals surface area (Å²) in [5, 5.41) is 5.48. The van der Waals surface area contributed by atoms with Crippen LogP contribution in [0.2, 0.25) is 0 Å². The maximum Gasteiger partial charge on any atom is 0.193 e. The fourth-order valence-corrected chi connectivity index (χ4v) is 2.44. The van der Waals surface area contributed by atoms with E-state index in [4.69, 9.17) is 4.74 Å². The van der Waals surface area contributed by atoms with E-state index in [0.29, 0.717) is 0 Å². The van der Waals surface area contributed by atoms with Crippen LogP contribution >= 0.6 is 35.3 Å². The van der Waals surface area contributed by atoms with E-state index in [0.717, 1.165) is 45.1 Å². The second kappa shape index (κ2) is 12.4. The molecule has 0 fully saturated rings. The van der Waals surface area contributed by atoms with Crippen LogP contribution in [-0.2, 0) is 11.2 Å². The molecule has 1 rings (SSSR count). The quantitative estimate of drug-likeness (QED) is 0.309. The number of likely N-dealkylation sites (N-methyl/N-ethyl adjacent to an activating group) is 1. The highest BCUT2D eigenvalue weighted by Gasteiger charge is 2.05. The van der Waals surface area contributed by atoms with Crippen LogP contribution in [0.4, 0.5) is 0 Å². The Morgan fingerprint density at radius 2 is 2.30 bits per heavy atom. The minimum Gasteiger partial charge on any atom is -0.382 e. The number of thiophene rings is 1. The summed E-state index contributed by atoms with van der Waals surface area (Å²) < 4.78 is 5.31. The number of ether oxygens (including phenoxy) is 1. The summed E-state index contributed by atoms with van der Waals surface area (Å²) in [4.78, 5) is 7.88. The number of nitrogens with zero attached hydrogens (tertiary/aromatic N) is 2. The van der Waals surface area contributed by atoms with Crippen LogP contribution < -0.4 is 5.32 Å². The fraction of sp³-hybridized carbons (Fsp3) is 0.643. The third-order valence-electron chi connectivity index (χ3n) is 2.80. The van der Waals surface area contributed by atoms with Crippen molar-refractivity contribution in [3.05, 3.63) is 22.4 Å². The van der Waals surface area contributed by atoms with Gasteiger partial charge in [-0.05, 0) is 31.2 Å². The monoisotopic (exact) mass is 411 g/mol. The number of rotatable bonds is 8. The van der Waals surface area contributed by atoms with Crippen LogP contribution in [0, 0.1) is 0 Å². The third-order valence-corrected chi connectivity index (χ3v) is 3.74. The molecule has 0 atom stereocenters. The molecule has 0 aliphatic rings. The average molecular weight is 411 g/mol. The Balaban J connectivity index is 0.00000361. The summed E-state index contributed by atoms with van der Waals surface area (Å²) in [6.45, 7) is 5.49. The largest absolute Gasteiger partial charge is 0.382 e. The number of hydrogen-bond donors (Lipinski definition) is 1. The number of hydrogen-bond acceptors (Lipinski definition) is 3. The van der Waals surface area contributed by atoms with E-state index in [1.807, 2.05) is 25.3 Å². The zero-order valence-electron chi connectivity index (χ0n) is 12.6. The van der Waals surface area contributed by atoms with E-state index in [2.05, 4.69) is 39.8 Å². The van der Waals surface area contributed by atoms with Crippen LogP contribution in [0.15, 0.2) is 22.5 Å². The summed E-state index contributed by atoms with van der Waals surface area (Å²) in [6.07, 6.45) is 2.07. The smallest absolute Gasteiger partial charge is 0.193 e. The highest BCUT2D eigenvalue weighted by atomic mass is 127. The normalized spacial score (nSPS) is 11.1. The van der Waals surface area contributed by atoms with E-state index in [1.54, 1.807) is 0 Å². The molecule has 1 aromatic heterocycles. The fourth-order valence-electron chi connectivity index (χ4n) is 1.74. The van der Waals surface area contributed by atoms with Crippen molar-refractivity contribution in [1.82, 2.24) is 10.2 Å². The summed E-state index contributed by atoms with van der Waals surface area (Å²) >= 11 is 1.81. The molecule has 4 nitrogen and oxygen atoms in total. The van der Waals surface area contributed by atoms with Gasteiger partial charge in [-0.15, -0.1) is 35.3 Å². The summed E-state index contributed by atoms with van der Waals surface area (Å²) in [6, 6.07) is 4.28. The van der Waals surface area contributed by atoms with E-state index < -0.39 is 0 Å². The molecule has 0 saturated heterocycles. The topological polar surface area (TPSA) is 36.9 Å². The number of halogens is 1. The minimum atomic E-state index is 0. The molecule has 6 heteroatoms. The van der Waals surface area contributed by atoms with Crippen molar-refractivity contribution in [2.24, 2.45) is 4.99 Å². The van der Waals surface area contributed by atoms with E-state index >= 15 is 0 Å². The van der Waals surface area contributed by atoms with Gasteiger partial charge in [0.15, 0.2) is 5.96 Å². The van der Waals surface area contributed by atoms with Gasteiger partial charge in [0.05, 0.1) is 0 Å². The zero-order chi connectivity index (χ0) is 13.9. The Kier molecular flexibility index (Phi) is 12.2. The Bertz CT molecular complexity index is 357. The Morgan fingerprint density at radius 3 is 2.90 bits per heavy atom. The van der Waals surface area contributed by atoms with Gasteiger partial charge >= 0.3 is 0 Å². The summed E-state index contributed by atoms with van der Waals surface area (Å²) in [5.41, 5.74) is 0. The van der Waals surface area contributed by atoms with E-state index in [1.165, 1.54) is 4.88 Å². The first kappa shape index (κ1) is 19.7. The maximum atomic E-state index is 5.31. The van der Waals surface area contributed by atoms with Gasteiger partial charge in [0.25, 0.3) is 0 Å². The van der Waals surface area contributed by atoms with E-state index in [-0.39, 0.29) is 24.0 Å². The van der Waals surface area contributed by atoms with Crippen molar-refractivity contribution in [2.75, 3.05) is 40.4 Å². The molecule has 0 bridgehead atoms. The molecule has 0 aromatic carbocycles. The minimum absolute atomic E-state index is 0. The molecule has 116 valence electrons. The number of aliphatic imine (C=N–C) groups is 1. The standard InChI is InChI=1S/C14H25N3OS.HI/c1-4-18-11-6-9-16-14(15-2)17(3)10-8-13-7-5-12-19-13;/h5,7,12H,4,6,8-11H2,1-3H3,(H,15,16);1H. The molecule has 1 N–H and O–H groups in total. The predicted molar refractivity (Wildman–Crippen MR) is 98.5 cm³/mol. The second-order valence-corrected chi connectivity index (χ2v) is 5.31. The van der Waals surface area contributed by atoms with Crippen molar-refractivity contribution in [3.8, 4) is 0 Å². The lowest BCUT2D eigenvalue weighted by molar-refractivity contribution is 0.145. The van der Waals surface area contributed by atoms with Crippen LogP contribution in [0.25, 0.3) is 0 Å². The molecular formula is C14H26IN3OS. The van der Waals surface area contributed by atoms with Crippen LogP contribution in [-0.4, -0.2) is 51.3 Å². The molecule has 20 heavy (non-hydrogen) atoms. The lowest BCUT2D eigenvalue weighted by Gasteiger charge is -2.21. The molecule has 1 heterocycles. The highest BCUT2D eigenvalue weighted by molar-refractivity contribution is 14.0. The molecule has 0 aliphatic heterocycles. The molecule has 1 aromatic rings. The lowest BCUT2D eigenvalue weighted by Crippen LogP contribution is -2.40. The Morgan fingerprint density at radius 1 is 1.50 bits per heavy atom. The van der Waals surface area contributed by atoms with Crippen LogP contribution in [0.1, 0.15) is 18.2 Å². The molecule has 0 radical (unpaired) electrons. The van der Waals surface area contributed by atoms with Crippen molar-refractivity contribution in [3.63, 3.8) is 0 Å². The van der Waals surface area contributed by atoms with Gasteiger partial charge in [-0.3, -0.25) is 4.99 Å². The summed E-state index contributed by atoms with van der Waals surface area (Å²) in [5.74, 6) is 0.952. The van der Waals surface area contributed by atoms with Crippen LogP contribution in [0.3, 0.4) is 0 Å².